The molecule has 1 unspecified atom stereocenters. The molecule has 0 bridgehead atoms. The summed E-state index contributed by atoms with van der Waals surface area (Å²) < 4.78 is 45.5. The van der Waals surface area contributed by atoms with E-state index in [1.54, 1.807) is 6.92 Å². The summed E-state index contributed by atoms with van der Waals surface area (Å²) in [6, 6.07) is 0.835. The van der Waals surface area contributed by atoms with E-state index >= 15 is 0 Å². The molecule has 26 heavy (non-hydrogen) atoms. The van der Waals surface area contributed by atoms with Crippen LogP contribution < -0.4 is 0 Å². The normalized spacial score (nSPS) is 13.5. The molecule has 0 radical (unpaired) electrons. The van der Waals surface area contributed by atoms with Crippen molar-refractivity contribution in [2.45, 2.75) is 49.7 Å². The van der Waals surface area contributed by atoms with Crippen molar-refractivity contribution in [3.8, 4) is 0 Å². The minimum absolute atomic E-state index is 0.119. The van der Waals surface area contributed by atoms with E-state index in [0.717, 1.165) is 31.5 Å². The Hall–Kier alpha value is -1.81. The molecule has 11 heteroatoms. The molecular formula is C15H15ClF3N5OS. The van der Waals surface area contributed by atoms with E-state index in [9.17, 15) is 13.2 Å². The van der Waals surface area contributed by atoms with Crippen LogP contribution in [0.2, 0.25) is 5.02 Å². The molecule has 0 saturated heterocycles. The zero-order valence-electron chi connectivity index (χ0n) is 13.9. The van der Waals surface area contributed by atoms with Gasteiger partial charge in [0.15, 0.2) is 16.6 Å². The largest absolute Gasteiger partial charge is 0.417 e. The van der Waals surface area contributed by atoms with E-state index < -0.39 is 11.7 Å². The van der Waals surface area contributed by atoms with Gasteiger partial charge in [0.2, 0.25) is 5.89 Å². The third-order valence-corrected chi connectivity index (χ3v) is 4.95. The Morgan fingerprint density at radius 3 is 2.81 bits per heavy atom. The summed E-state index contributed by atoms with van der Waals surface area (Å²) in [5.41, 5.74) is -0.715. The van der Waals surface area contributed by atoms with Gasteiger partial charge in [0.25, 0.3) is 0 Å². The van der Waals surface area contributed by atoms with Crippen LogP contribution in [0.4, 0.5) is 13.2 Å². The lowest BCUT2D eigenvalue weighted by Crippen LogP contribution is -2.07. The molecule has 3 aromatic rings. The molecule has 0 spiro atoms. The summed E-state index contributed by atoms with van der Waals surface area (Å²) in [6.07, 6.45) is -0.904. The number of aryl methyl sites for hydroxylation is 1. The van der Waals surface area contributed by atoms with Gasteiger partial charge in [-0.25, -0.2) is 0 Å². The third kappa shape index (κ3) is 3.96. The Morgan fingerprint density at radius 1 is 1.35 bits per heavy atom. The van der Waals surface area contributed by atoms with E-state index in [-0.39, 0.29) is 21.1 Å². The predicted octanol–water partition coefficient (Wildman–Crippen LogP) is 4.98. The maximum absolute atomic E-state index is 13.0. The van der Waals surface area contributed by atoms with Crippen molar-refractivity contribution in [2.24, 2.45) is 0 Å². The van der Waals surface area contributed by atoms with Gasteiger partial charge in [-0.15, -0.1) is 10.2 Å². The van der Waals surface area contributed by atoms with Crippen LogP contribution >= 0.6 is 23.4 Å². The van der Waals surface area contributed by atoms with Crippen molar-refractivity contribution in [3.63, 3.8) is 0 Å². The number of fused-ring (bicyclic) bond motifs is 1. The summed E-state index contributed by atoms with van der Waals surface area (Å²) >= 11 is 7.08. The zero-order valence-corrected chi connectivity index (χ0v) is 15.5. The molecule has 0 saturated carbocycles. The molecule has 3 heterocycles. The number of hydrogen-bond acceptors (Lipinski definition) is 6. The monoisotopic (exact) mass is 405 g/mol. The smallest absolute Gasteiger partial charge is 0.338 e. The molecule has 0 aliphatic heterocycles. The molecule has 0 N–H and O–H groups in total. The van der Waals surface area contributed by atoms with E-state index in [4.69, 9.17) is 16.1 Å². The first kappa shape index (κ1) is 19.0. The fraction of sp³-hybridized carbons (Fsp3) is 0.467. The van der Waals surface area contributed by atoms with Crippen molar-refractivity contribution in [2.75, 3.05) is 0 Å². The van der Waals surface area contributed by atoms with Gasteiger partial charge in [-0.05, 0) is 19.4 Å². The first-order chi connectivity index (χ1) is 12.3. The standard InChI is InChI=1S/C15H15ClF3N5OS/c1-3-4-5-11-20-13(25-23-11)8(2)26-14-22-21-12-10(16)6-9(7-24(12)14)15(17,18)19/h6-8H,3-5H2,1-2H3. The molecule has 0 aliphatic rings. The van der Waals surface area contributed by atoms with Crippen LogP contribution in [0.3, 0.4) is 0 Å². The predicted molar refractivity (Wildman–Crippen MR) is 90.2 cm³/mol. The minimum atomic E-state index is -4.52. The molecule has 0 fully saturated rings. The van der Waals surface area contributed by atoms with Crippen LogP contribution in [0.25, 0.3) is 5.65 Å². The Balaban J connectivity index is 1.86. The van der Waals surface area contributed by atoms with Gasteiger partial charge in [0.05, 0.1) is 15.8 Å². The van der Waals surface area contributed by atoms with E-state index in [1.807, 2.05) is 0 Å². The lowest BCUT2D eigenvalue weighted by Gasteiger charge is -2.09. The number of rotatable bonds is 6. The summed E-state index contributed by atoms with van der Waals surface area (Å²) in [5.74, 6) is 0.999. The van der Waals surface area contributed by atoms with Crippen molar-refractivity contribution < 1.29 is 17.7 Å². The average Bonchev–Trinajstić information content (AvgIpc) is 3.20. The molecule has 1 atom stereocenters. The maximum Gasteiger partial charge on any atom is 0.417 e. The zero-order chi connectivity index (χ0) is 18.9. The molecule has 6 nitrogen and oxygen atoms in total. The number of unbranched alkanes of at least 4 members (excludes halogenated alkanes) is 1. The topological polar surface area (TPSA) is 69.1 Å². The quantitative estimate of drug-likeness (QED) is 0.539. The summed E-state index contributed by atoms with van der Waals surface area (Å²) in [7, 11) is 0. The fourth-order valence-corrected chi connectivity index (χ4v) is 3.35. The number of pyridine rings is 1. The lowest BCUT2D eigenvalue weighted by atomic mass is 10.2. The highest BCUT2D eigenvalue weighted by Crippen LogP contribution is 2.36. The number of halogens is 4. The van der Waals surface area contributed by atoms with Crippen LogP contribution in [0, 0.1) is 0 Å². The Kier molecular flexibility index (Phi) is 5.42. The highest BCUT2D eigenvalue weighted by molar-refractivity contribution is 7.99. The number of alkyl halides is 3. The van der Waals surface area contributed by atoms with Gasteiger partial charge in [-0.2, -0.15) is 18.2 Å². The SMILES string of the molecule is CCCCc1noc(C(C)Sc2nnc3c(Cl)cc(C(F)(F)F)cn23)n1. The molecule has 3 aromatic heterocycles. The third-order valence-electron chi connectivity index (χ3n) is 3.62. The summed E-state index contributed by atoms with van der Waals surface area (Å²) in [4.78, 5) is 4.32. The molecule has 0 aromatic carbocycles. The molecular weight excluding hydrogens is 391 g/mol. The average molecular weight is 406 g/mol. The second-order valence-electron chi connectivity index (χ2n) is 5.66. The van der Waals surface area contributed by atoms with E-state index in [0.29, 0.717) is 11.7 Å². The van der Waals surface area contributed by atoms with Gasteiger partial charge in [0.1, 0.15) is 0 Å². The van der Waals surface area contributed by atoms with Gasteiger partial charge in [0, 0.05) is 12.6 Å². The number of aromatic nitrogens is 5. The molecule has 140 valence electrons. The Morgan fingerprint density at radius 2 is 2.12 bits per heavy atom. The van der Waals surface area contributed by atoms with Gasteiger partial charge in [-0.1, -0.05) is 41.9 Å². The van der Waals surface area contributed by atoms with Crippen molar-refractivity contribution >= 4 is 29.0 Å². The van der Waals surface area contributed by atoms with Crippen molar-refractivity contribution in [3.05, 3.63) is 34.6 Å². The van der Waals surface area contributed by atoms with Crippen LogP contribution in [0.5, 0.6) is 0 Å². The first-order valence-corrected chi connectivity index (χ1v) is 9.16. The molecule has 0 amide bonds. The minimum Gasteiger partial charge on any atom is -0.338 e. The molecule has 0 aliphatic carbocycles. The van der Waals surface area contributed by atoms with E-state index in [2.05, 4.69) is 27.3 Å². The van der Waals surface area contributed by atoms with Gasteiger partial charge < -0.3 is 4.52 Å². The van der Waals surface area contributed by atoms with E-state index in [1.165, 1.54) is 16.2 Å². The highest BCUT2D eigenvalue weighted by Gasteiger charge is 2.32. The van der Waals surface area contributed by atoms with Gasteiger partial charge in [-0.3, -0.25) is 4.40 Å². The Bertz CT molecular complexity index is 910. The van der Waals surface area contributed by atoms with Crippen molar-refractivity contribution in [1.29, 1.82) is 0 Å². The summed E-state index contributed by atoms with van der Waals surface area (Å²) in [6.45, 7) is 3.87. The number of hydrogen-bond donors (Lipinski definition) is 0. The maximum atomic E-state index is 13.0. The first-order valence-electron chi connectivity index (χ1n) is 7.90. The highest BCUT2D eigenvalue weighted by atomic mass is 35.5. The second kappa shape index (κ2) is 7.43. The number of nitrogens with zero attached hydrogens (tertiary/aromatic N) is 5. The molecule has 3 rings (SSSR count). The van der Waals surface area contributed by atoms with Crippen LogP contribution in [0.15, 0.2) is 21.9 Å². The number of thioether (sulfide) groups is 1. The van der Waals surface area contributed by atoms with Crippen LogP contribution in [0.1, 0.15) is 49.2 Å². The van der Waals surface area contributed by atoms with Crippen molar-refractivity contribution in [1.82, 2.24) is 24.7 Å². The second-order valence-corrected chi connectivity index (χ2v) is 7.38. The fourth-order valence-electron chi connectivity index (χ4n) is 2.25. The van der Waals surface area contributed by atoms with Crippen LogP contribution in [-0.2, 0) is 12.6 Å². The van der Waals surface area contributed by atoms with Gasteiger partial charge >= 0.3 is 6.18 Å². The van der Waals surface area contributed by atoms with Crippen LogP contribution in [-0.4, -0.2) is 24.7 Å². The Labute approximate surface area is 156 Å². The lowest BCUT2D eigenvalue weighted by molar-refractivity contribution is -0.137. The summed E-state index contributed by atoms with van der Waals surface area (Å²) in [5, 5.41) is 11.5.